The second-order valence-corrected chi connectivity index (χ2v) is 13.6. The molecule has 0 fully saturated rings. The van der Waals surface area contributed by atoms with Crippen LogP contribution >= 0.6 is 0 Å². The van der Waals surface area contributed by atoms with E-state index in [9.17, 15) is 15.0 Å². The number of nitrogens with zero attached hydrogens (tertiary/aromatic N) is 1. The SMILES string of the molecule is CC(C)(C)c1cc(C=NNC(=O)c2cc(C(C)(C)C)c(O)c(C(C)(C)C)c2)cc(C(C)(C)C)c1O. The molecule has 2 aromatic carbocycles. The maximum atomic E-state index is 13.1. The molecule has 35 heavy (non-hydrogen) atoms. The molecule has 1 amide bonds. The molecule has 5 nitrogen and oxygen atoms in total. The molecule has 0 unspecified atom stereocenters. The van der Waals surface area contributed by atoms with Gasteiger partial charge in [0, 0.05) is 27.8 Å². The predicted molar refractivity (Wildman–Crippen MR) is 146 cm³/mol. The standard InChI is InChI=1S/C30H44N2O3/c1-27(2,3)20-13-18(14-21(24(20)33)28(4,5)6)17-31-32-26(35)19-15-22(29(7,8)9)25(34)23(16-19)30(10,11)12/h13-17,33-34H,1-12H3,(H,32,35). The second-order valence-electron chi connectivity index (χ2n) is 13.6. The van der Waals surface area contributed by atoms with Crippen molar-refractivity contribution < 1.29 is 15.0 Å². The van der Waals surface area contributed by atoms with E-state index < -0.39 is 0 Å². The number of hydrazone groups is 1. The fourth-order valence-electron chi connectivity index (χ4n) is 4.01. The van der Waals surface area contributed by atoms with Crippen LogP contribution in [-0.2, 0) is 21.7 Å². The summed E-state index contributed by atoms with van der Waals surface area (Å²) in [5.74, 6) is 0.196. The van der Waals surface area contributed by atoms with E-state index >= 15 is 0 Å². The first-order valence-electron chi connectivity index (χ1n) is 12.2. The molecule has 192 valence electrons. The van der Waals surface area contributed by atoms with Gasteiger partial charge in [0.25, 0.3) is 5.91 Å². The Morgan fingerprint density at radius 3 is 1.29 bits per heavy atom. The number of carbonyl (C=O) groups excluding carboxylic acids is 1. The van der Waals surface area contributed by atoms with Crippen LogP contribution in [0.15, 0.2) is 29.4 Å². The Morgan fingerprint density at radius 1 is 0.657 bits per heavy atom. The molecular formula is C30H44N2O3. The molecule has 0 aliphatic heterocycles. The Hall–Kier alpha value is -2.82. The molecule has 0 spiro atoms. The topological polar surface area (TPSA) is 81.9 Å². The zero-order valence-corrected chi connectivity index (χ0v) is 23.6. The summed E-state index contributed by atoms with van der Waals surface area (Å²) in [7, 11) is 0. The lowest BCUT2D eigenvalue weighted by Gasteiger charge is -2.28. The molecule has 0 radical (unpaired) electrons. The van der Waals surface area contributed by atoms with E-state index in [0.717, 1.165) is 27.8 Å². The number of hydrogen-bond acceptors (Lipinski definition) is 4. The van der Waals surface area contributed by atoms with Gasteiger partial charge in [-0.2, -0.15) is 5.10 Å². The molecule has 5 heteroatoms. The molecule has 0 aliphatic carbocycles. The van der Waals surface area contributed by atoms with Crippen LogP contribution in [0, 0.1) is 0 Å². The average Bonchev–Trinajstić information content (AvgIpc) is 2.65. The van der Waals surface area contributed by atoms with E-state index in [0.29, 0.717) is 11.3 Å². The van der Waals surface area contributed by atoms with E-state index in [2.05, 4.69) is 52.1 Å². The highest BCUT2D eigenvalue weighted by molar-refractivity contribution is 5.95. The van der Waals surface area contributed by atoms with Crippen molar-refractivity contribution in [2.45, 2.75) is 105 Å². The predicted octanol–water partition coefficient (Wildman–Crippen LogP) is 7.05. The first-order valence-corrected chi connectivity index (χ1v) is 12.2. The highest BCUT2D eigenvalue weighted by Gasteiger charge is 2.28. The first-order chi connectivity index (χ1) is 15.6. The maximum absolute atomic E-state index is 13.1. The van der Waals surface area contributed by atoms with Crippen molar-refractivity contribution in [2.24, 2.45) is 5.10 Å². The van der Waals surface area contributed by atoms with Gasteiger partial charge in [-0.15, -0.1) is 0 Å². The first kappa shape index (κ1) is 28.4. The van der Waals surface area contributed by atoms with Gasteiger partial charge in [-0.1, -0.05) is 83.1 Å². The second kappa shape index (κ2) is 9.33. The van der Waals surface area contributed by atoms with Gasteiger partial charge >= 0.3 is 0 Å². The summed E-state index contributed by atoms with van der Waals surface area (Å²) in [6.45, 7) is 24.4. The van der Waals surface area contributed by atoms with Gasteiger partial charge in [-0.25, -0.2) is 5.43 Å². The van der Waals surface area contributed by atoms with Gasteiger partial charge in [0.05, 0.1) is 6.21 Å². The van der Waals surface area contributed by atoms with Gasteiger partial charge in [0.15, 0.2) is 0 Å². The number of rotatable bonds is 3. The zero-order valence-electron chi connectivity index (χ0n) is 23.6. The van der Waals surface area contributed by atoms with Crippen LogP contribution in [0.25, 0.3) is 0 Å². The zero-order chi connectivity index (χ0) is 27.1. The van der Waals surface area contributed by atoms with Gasteiger partial charge in [-0.05, 0) is 51.5 Å². The van der Waals surface area contributed by atoms with Gasteiger partial charge in [0.1, 0.15) is 11.5 Å². The summed E-state index contributed by atoms with van der Waals surface area (Å²) >= 11 is 0. The maximum Gasteiger partial charge on any atom is 0.271 e. The Labute approximate surface area is 211 Å². The van der Waals surface area contributed by atoms with Crippen molar-refractivity contribution in [1.29, 1.82) is 0 Å². The third kappa shape index (κ3) is 6.65. The molecule has 3 N–H and O–H groups in total. The summed E-state index contributed by atoms with van der Waals surface area (Å²) in [6.07, 6.45) is 1.61. The summed E-state index contributed by atoms with van der Waals surface area (Å²) in [5.41, 5.74) is 5.84. The van der Waals surface area contributed by atoms with Crippen LogP contribution < -0.4 is 5.43 Å². The lowest BCUT2D eigenvalue weighted by Crippen LogP contribution is -2.22. The largest absolute Gasteiger partial charge is 0.507 e. The van der Waals surface area contributed by atoms with Crippen molar-refractivity contribution in [3.63, 3.8) is 0 Å². The number of carbonyl (C=O) groups is 1. The monoisotopic (exact) mass is 480 g/mol. The number of nitrogens with one attached hydrogen (secondary N) is 1. The number of hydrogen-bond donors (Lipinski definition) is 3. The fourth-order valence-corrected chi connectivity index (χ4v) is 4.01. The molecule has 0 bridgehead atoms. The quantitative estimate of drug-likeness (QED) is 0.325. The van der Waals surface area contributed by atoms with Crippen LogP contribution in [-0.4, -0.2) is 22.3 Å². The smallest absolute Gasteiger partial charge is 0.271 e. The Kier molecular flexibility index (Phi) is 7.57. The van der Waals surface area contributed by atoms with Gasteiger partial charge in [0.2, 0.25) is 0 Å². The van der Waals surface area contributed by atoms with E-state index in [1.54, 1.807) is 18.3 Å². The highest BCUT2D eigenvalue weighted by Crippen LogP contribution is 2.41. The van der Waals surface area contributed by atoms with Crippen LogP contribution in [0.1, 0.15) is 121 Å². The van der Waals surface area contributed by atoms with Crippen molar-refractivity contribution in [2.75, 3.05) is 0 Å². The summed E-state index contributed by atoms with van der Waals surface area (Å²) in [4.78, 5) is 13.1. The molecule has 0 atom stereocenters. The molecule has 0 aliphatic rings. The normalized spacial score (nSPS) is 13.4. The minimum Gasteiger partial charge on any atom is -0.507 e. The minimum atomic E-state index is -0.344. The van der Waals surface area contributed by atoms with Crippen molar-refractivity contribution in [3.05, 3.63) is 57.6 Å². The lowest BCUT2D eigenvalue weighted by atomic mass is 9.78. The molecule has 0 saturated heterocycles. The third-order valence-corrected chi connectivity index (χ3v) is 6.12. The summed E-state index contributed by atoms with van der Waals surface area (Å²) in [5, 5.41) is 26.1. The molecule has 2 rings (SSSR count). The number of benzene rings is 2. The number of aromatic hydroxyl groups is 2. The van der Waals surface area contributed by atoms with Gasteiger partial charge < -0.3 is 10.2 Å². The van der Waals surface area contributed by atoms with Crippen molar-refractivity contribution in [3.8, 4) is 11.5 Å². The van der Waals surface area contributed by atoms with Crippen molar-refractivity contribution >= 4 is 12.1 Å². The molecule has 0 heterocycles. The van der Waals surface area contributed by atoms with Crippen LogP contribution in [0.2, 0.25) is 0 Å². The average molecular weight is 481 g/mol. The van der Waals surface area contributed by atoms with E-state index in [1.807, 2.05) is 53.7 Å². The van der Waals surface area contributed by atoms with Crippen LogP contribution in [0.3, 0.4) is 0 Å². The summed E-state index contributed by atoms with van der Waals surface area (Å²) in [6, 6.07) is 7.31. The molecule has 2 aromatic rings. The van der Waals surface area contributed by atoms with Crippen LogP contribution in [0.5, 0.6) is 11.5 Å². The van der Waals surface area contributed by atoms with Gasteiger partial charge in [-0.3, -0.25) is 4.79 Å². The number of amides is 1. The number of phenolic OH excluding ortho intramolecular Hbond substituents is 2. The third-order valence-electron chi connectivity index (χ3n) is 6.12. The summed E-state index contributed by atoms with van der Waals surface area (Å²) < 4.78 is 0. The Morgan fingerprint density at radius 2 is 0.971 bits per heavy atom. The van der Waals surface area contributed by atoms with E-state index in [1.165, 1.54) is 0 Å². The fraction of sp³-hybridized carbons (Fsp3) is 0.533. The van der Waals surface area contributed by atoms with Crippen molar-refractivity contribution in [1.82, 2.24) is 5.43 Å². The number of phenols is 2. The van der Waals surface area contributed by atoms with E-state index in [-0.39, 0.29) is 33.3 Å². The molecule has 0 aromatic heterocycles. The lowest BCUT2D eigenvalue weighted by molar-refractivity contribution is 0.0955. The van der Waals surface area contributed by atoms with E-state index in [4.69, 9.17) is 0 Å². The minimum absolute atomic E-state index is 0.235. The Bertz CT molecular complexity index is 1060. The molecule has 0 saturated carbocycles. The van der Waals surface area contributed by atoms with Crippen LogP contribution in [0.4, 0.5) is 0 Å². The highest BCUT2D eigenvalue weighted by atomic mass is 16.3. The molecular weight excluding hydrogens is 436 g/mol. The Balaban J connectivity index is 2.47.